The Labute approximate surface area is 218 Å². The first-order valence-electron chi connectivity index (χ1n) is 15.4. The molecule has 5 nitrogen and oxygen atoms in total. The molecule has 35 heavy (non-hydrogen) atoms. The quantitative estimate of drug-likeness (QED) is 0.253. The molecule has 0 unspecified atom stereocenters. The molecule has 3 fully saturated rings. The highest BCUT2D eigenvalue weighted by molar-refractivity contribution is 5.40. The van der Waals surface area contributed by atoms with Crippen LogP contribution < -0.4 is 0 Å². The maximum atomic E-state index is 7.66. The van der Waals surface area contributed by atoms with Crippen molar-refractivity contribution >= 4 is 0 Å². The summed E-state index contributed by atoms with van der Waals surface area (Å²) in [6.07, 6.45) is 12.7. The number of hydrogen-bond donors (Lipinski definition) is 4. The van der Waals surface area contributed by atoms with Crippen molar-refractivity contribution < 1.29 is 25.2 Å². The lowest BCUT2D eigenvalue weighted by atomic mass is 9.60. The molecule has 0 aromatic rings. The average Bonchev–Trinajstić information content (AvgIpc) is 3.28. The summed E-state index contributed by atoms with van der Waals surface area (Å²) in [5.41, 5.74) is 3.07. The van der Waals surface area contributed by atoms with Gasteiger partial charge in [0.25, 0.3) is 0 Å². The maximum absolute atomic E-state index is 7.66. The molecule has 3 saturated carbocycles. The summed E-state index contributed by atoms with van der Waals surface area (Å²) in [6.45, 7) is 13.7. The number of fused-ring (bicyclic) bond motifs is 1. The second kappa shape index (κ2) is 12.0. The van der Waals surface area contributed by atoms with Crippen LogP contribution in [0.15, 0.2) is 35.5 Å². The summed E-state index contributed by atoms with van der Waals surface area (Å²) < 4.78 is 35.3. The Morgan fingerprint density at radius 1 is 1.26 bits per heavy atom. The molecule has 0 bridgehead atoms. The highest BCUT2D eigenvalue weighted by atomic mass is 16.5. The molecular weight excluding hydrogens is 440 g/mol. The van der Waals surface area contributed by atoms with Gasteiger partial charge in [0.15, 0.2) is 0 Å². The molecule has 5 heteroatoms. The van der Waals surface area contributed by atoms with Crippen molar-refractivity contribution in [3.05, 3.63) is 35.5 Å². The Balaban J connectivity index is 1.70. The van der Waals surface area contributed by atoms with Crippen molar-refractivity contribution in [2.45, 2.75) is 116 Å². The van der Waals surface area contributed by atoms with Crippen LogP contribution in [0.5, 0.6) is 0 Å². The first-order chi connectivity index (χ1) is 18.6. The summed E-state index contributed by atoms with van der Waals surface area (Å²) >= 11 is 0. The summed E-state index contributed by atoms with van der Waals surface area (Å²) in [5, 5.41) is 19.3. The van der Waals surface area contributed by atoms with Gasteiger partial charge in [-0.3, -0.25) is 0 Å². The zero-order valence-corrected chi connectivity index (χ0v) is 22.4. The van der Waals surface area contributed by atoms with E-state index < -0.39 is 18.3 Å². The predicted molar refractivity (Wildman–Crippen MR) is 141 cm³/mol. The number of aliphatic hydroxyl groups excluding tert-OH is 3. The van der Waals surface area contributed by atoms with Crippen LogP contribution in [0.2, 0.25) is 0 Å². The van der Waals surface area contributed by atoms with Gasteiger partial charge in [0.1, 0.15) is 12.2 Å². The monoisotopic (exact) mass is 494 g/mol. The van der Waals surface area contributed by atoms with E-state index in [-0.39, 0.29) is 12.2 Å². The number of ether oxygens (including phenoxy) is 1. The normalized spacial score (nSPS) is 38.6. The molecule has 7 atom stereocenters. The fraction of sp³-hybridized carbons (Fsp3) is 0.800. The number of rotatable bonds is 14. The molecule has 0 aromatic heterocycles. The van der Waals surface area contributed by atoms with Gasteiger partial charge in [-0.15, -0.1) is 0 Å². The lowest BCUT2D eigenvalue weighted by Crippen LogP contribution is -2.45. The van der Waals surface area contributed by atoms with E-state index in [4.69, 9.17) is 25.8 Å². The molecule has 0 saturated heterocycles. The molecule has 0 aliphatic heterocycles. The lowest BCUT2D eigenvalue weighted by Gasteiger charge is -2.44. The second-order valence-electron chi connectivity index (χ2n) is 12.2. The molecule has 4 N–H and O–H groups in total. The van der Waals surface area contributed by atoms with Crippen molar-refractivity contribution in [1.29, 1.82) is 5.72 Å². The highest BCUT2D eigenvalue weighted by Crippen LogP contribution is 2.60. The van der Waals surface area contributed by atoms with Crippen LogP contribution in [0.3, 0.4) is 0 Å². The standard InChI is InChI=1S/C30H50O5/c1-20(9-6-15-29(3,4)34)24-13-14-25-22(10-7-16-30(24,25)5)11-12-23-19-26(32)28(27(33)21(23)2)35-18-8-17-31/h11-12,20,24-28,31-34H,2,6-10,13-19H2,1,3-5H3/b22-11+,23-12-/t20-,24-,25+,26-,27-,28-,30-/m1/s1/i31D,32D,33D,34D. The fourth-order valence-electron chi connectivity index (χ4n) is 7.16. The molecule has 0 aromatic carbocycles. The molecule has 3 aliphatic carbocycles. The second-order valence-corrected chi connectivity index (χ2v) is 12.2. The van der Waals surface area contributed by atoms with Gasteiger partial charge in [0.05, 0.1) is 11.7 Å². The number of hydrogen-bond acceptors (Lipinski definition) is 5. The van der Waals surface area contributed by atoms with Gasteiger partial charge in [0.2, 0.25) is 5.72 Å². The van der Waals surface area contributed by atoms with E-state index in [1.807, 2.05) is 13.8 Å². The first kappa shape index (κ1) is 23.2. The van der Waals surface area contributed by atoms with Crippen LogP contribution in [0.1, 0.15) is 91.9 Å². The SMILES string of the molecule is [2H]OCCCO[C@H]1[C@H](O[2H])C(=C)/C(=C\C=C2/CCC[C@]3(C)[C@@H]([C@H](C)CCCC(C)(C)O[2H])CC[C@@H]23)C[C@H]1O[2H]. The van der Waals surface area contributed by atoms with Crippen LogP contribution in [0.25, 0.3) is 0 Å². The highest BCUT2D eigenvalue weighted by Gasteiger charge is 2.50. The van der Waals surface area contributed by atoms with E-state index >= 15 is 0 Å². The molecule has 0 amide bonds. The average molecular weight is 495 g/mol. The molecule has 3 rings (SSSR count). The zero-order chi connectivity index (χ0) is 28.6. The first-order valence-corrected chi connectivity index (χ1v) is 13.8. The third-order valence-corrected chi connectivity index (χ3v) is 9.10. The Kier molecular flexibility index (Phi) is 7.97. The third kappa shape index (κ3) is 6.87. The van der Waals surface area contributed by atoms with E-state index in [0.717, 1.165) is 24.8 Å². The van der Waals surface area contributed by atoms with E-state index in [1.165, 1.54) is 37.7 Å². The van der Waals surface area contributed by atoms with Gasteiger partial charge in [-0.05, 0) is 93.1 Å². The van der Waals surface area contributed by atoms with E-state index in [0.29, 0.717) is 48.2 Å². The largest absolute Gasteiger partial charge is 0.396 e. The molecule has 0 spiro atoms. The van der Waals surface area contributed by atoms with Crippen LogP contribution in [-0.4, -0.2) is 63.3 Å². The van der Waals surface area contributed by atoms with Gasteiger partial charge in [-0.1, -0.05) is 51.0 Å². The minimum atomic E-state index is -0.713. The molecule has 0 heterocycles. The Bertz CT molecular complexity index is 862. The van der Waals surface area contributed by atoms with Crippen molar-refractivity contribution in [1.82, 2.24) is 0 Å². The third-order valence-electron chi connectivity index (χ3n) is 9.10. The molecular formula is C30H50O5. The van der Waals surface area contributed by atoms with Crippen molar-refractivity contribution in [2.75, 3.05) is 13.2 Å². The molecule has 3 aliphatic rings. The van der Waals surface area contributed by atoms with Crippen molar-refractivity contribution in [3.63, 3.8) is 0 Å². The Hall–Kier alpha value is -0.980. The fourth-order valence-corrected chi connectivity index (χ4v) is 7.16. The van der Waals surface area contributed by atoms with E-state index in [9.17, 15) is 0 Å². The summed E-state index contributed by atoms with van der Waals surface area (Å²) in [7, 11) is 0. The van der Waals surface area contributed by atoms with Gasteiger partial charge in [-0.2, -0.15) is 0 Å². The van der Waals surface area contributed by atoms with Crippen LogP contribution in [0, 0.1) is 23.2 Å². The summed E-state index contributed by atoms with van der Waals surface area (Å²) in [5.74, 6) is 1.91. The number of allylic oxidation sites excluding steroid dienone is 3. The number of aliphatic hydroxyl groups is 4. The Morgan fingerprint density at radius 2 is 2.11 bits per heavy atom. The lowest BCUT2D eigenvalue weighted by molar-refractivity contribution is -0.0968. The van der Waals surface area contributed by atoms with Gasteiger partial charge >= 0.3 is 0 Å². The van der Waals surface area contributed by atoms with Gasteiger partial charge in [-0.25, -0.2) is 0 Å². The van der Waals surface area contributed by atoms with Crippen LogP contribution in [-0.2, 0) is 4.74 Å². The maximum Gasteiger partial charge on any atom is 0.211 e. The molecule has 0 radical (unpaired) electrons. The predicted octanol–water partition coefficient (Wildman–Crippen LogP) is 5.08. The topological polar surface area (TPSA) is 90.2 Å². The van der Waals surface area contributed by atoms with Crippen LogP contribution in [0.4, 0.5) is 0 Å². The minimum Gasteiger partial charge on any atom is -0.396 e. The van der Waals surface area contributed by atoms with Gasteiger partial charge in [0, 0.05) is 19.6 Å². The smallest absolute Gasteiger partial charge is 0.211 e. The molecule has 200 valence electrons. The zero-order valence-electron chi connectivity index (χ0n) is 26.4. The summed E-state index contributed by atoms with van der Waals surface area (Å²) in [4.78, 5) is 0. The van der Waals surface area contributed by atoms with Gasteiger partial charge < -0.3 is 25.2 Å². The Morgan fingerprint density at radius 3 is 2.86 bits per heavy atom. The van der Waals surface area contributed by atoms with Crippen molar-refractivity contribution in [2.24, 2.45) is 23.2 Å². The van der Waals surface area contributed by atoms with Crippen LogP contribution >= 0.6 is 0 Å². The minimum absolute atomic E-state index is 0.254. The van der Waals surface area contributed by atoms with E-state index in [1.54, 1.807) is 0 Å². The van der Waals surface area contributed by atoms with E-state index in [2.05, 4.69) is 37.7 Å². The summed E-state index contributed by atoms with van der Waals surface area (Å²) in [6, 6.07) is 0. The van der Waals surface area contributed by atoms with Crippen molar-refractivity contribution in [3.8, 4) is 0 Å².